The van der Waals surface area contributed by atoms with E-state index in [0.717, 1.165) is 36.4 Å². The Hall–Kier alpha value is -2.53. The minimum Gasteiger partial charge on any atom is -0.497 e. The summed E-state index contributed by atoms with van der Waals surface area (Å²) >= 11 is 0. The van der Waals surface area contributed by atoms with E-state index in [4.69, 9.17) is 9.47 Å². The Balaban J connectivity index is 1.68. The number of carbonyl (C=O) groups excluding carboxylic acids is 1. The number of carbonyl (C=O) groups is 1. The molecule has 4 rings (SSSR count). The Morgan fingerprint density at radius 2 is 2.00 bits per heavy atom. The number of fused-ring (bicyclic) bond motifs is 1. The average molecular weight is 338 g/mol. The van der Waals surface area contributed by atoms with Crippen molar-refractivity contribution in [3.05, 3.63) is 59.7 Å². The van der Waals surface area contributed by atoms with E-state index < -0.39 is 0 Å². The van der Waals surface area contributed by atoms with Crippen molar-refractivity contribution in [1.29, 1.82) is 0 Å². The zero-order chi connectivity index (χ0) is 17.2. The summed E-state index contributed by atoms with van der Waals surface area (Å²) < 4.78 is 11.0. The first-order valence-electron chi connectivity index (χ1n) is 8.68. The molecule has 2 aliphatic heterocycles. The second-order valence-electron chi connectivity index (χ2n) is 6.46. The molecular formula is C20H22N2O3. The van der Waals surface area contributed by atoms with Crippen molar-refractivity contribution in [1.82, 2.24) is 4.90 Å². The molecule has 2 heterocycles. The van der Waals surface area contributed by atoms with E-state index in [2.05, 4.69) is 5.32 Å². The van der Waals surface area contributed by atoms with Gasteiger partial charge in [0.2, 0.25) is 0 Å². The first-order chi connectivity index (χ1) is 12.3. The molecule has 0 radical (unpaired) electrons. The molecule has 0 spiro atoms. The van der Waals surface area contributed by atoms with E-state index in [0.29, 0.717) is 12.1 Å². The zero-order valence-electron chi connectivity index (χ0n) is 14.3. The Morgan fingerprint density at radius 1 is 1.20 bits per heavy atom. The topological polar surface area (TPSA) is 50.8 Å². The lowest BCUT2D eigenvalue weighted by Crippen LogP contribution is -2.46. The second kappa shape index (κ2) is 6.76. The maximum atomic E-state index is 13.1. The predicted molar refractivity (Wildman–Crippen MR) is 95.8 cm³/mol. The van der Waals surface area contributed by atoms with Crippen molar-refractivity contribution in [2.45, 2.75) is 25.1 Å². The number of para-hydroxylation sites is 1. The molecule has 2 aromatic carbocycles. The number of methoxy groups -OCH3 is 1. The molecule has 0 aliphatic carbocycles. The molecule has 2 atom stereocenters. The minimum atomic E-state index is -0.211. The molecule has 1 amide bonds. The fourth-order valence-electron chi connectivity index (χ4n) is 3.54. The third kappa shape index (κ3) is 3.07. The van der Waals surface area contributed by atoms with Crippen LogP contribution in [-0.2, 0) is 4.74 Å². The molecule has 130 valence electrons. The highest BCUT2D eigenvalue weighted by Gasteiger charge is 2.35. The van der Waals surface area contributed by atoms with Crippen molar-refractivity contribution >= 4 is 11.6 Å². The van der Waals surface area contributed by atoms with Crippen molar-refractivity contribution in [3.63, 3.8) is 0 Å². The number of amides is 1. The Bertz CT molecular complexity index is 754. The van der Waals surface area contributed by atoms with Gasteiger partial charge in [0, 0.05) is 18.8 Å². The van der Waals surface area contributed by atoms with Gasteiger partial charge < -0.3 is 19.7 Å². The lowest BCUT2D eigenvalue weighted by atomic mass is 10.0. The Morgan fingerprint density at radius 3 is 2.72 bits per heavy atom. The Labute approximate surface area is 147 Å². The van der Waals surface area contributed by atoms with E-state index in [1.807, 2.05) is 53.4 Å². The number of rotatable bonds is 4. The zero-order valence-corrected chi connectivity index (χ0v) is 14.3. The summed E-state index contributed by atoms with van der Waals surface area (Å²) in [7, 11) is 1.65. The maximum Gasteiger partial charge on any atom is 0.257 e. The summed E-state index contributed by atoms with van der Waals surface area (Å²) in [5.41, 5.74) is 2.61. The van der Waals surface area contributed by atoms with Crippen LogP contribution in [0, 0.1) is 0 Å². The third-order valence-electron chi connectivity index (χ3n) is 4.88. The van der Waals surface area contributed by atoms with E-state index in [1.54, 1.807) is 7.11 Å². The fraction of sp³-hybridized carbons (Fsp3) is 0.350. The quantitative estimate of drug-likeness (QED) is 0.928. The molecule has 0 unspecified atom stereocenters. The standard InChI is InChI=1S/C20H22N2O3/c1-24-15-10-8-14(9-11-15)19-21-18-7-3-2-6-17(18)20(23)22(19)13-16-5-4-12-25-16/h2-3,6-11,16,19,21H,4-5,12-13H2,1H3/t16-,19-/m0/s1. The summed E-state index contributed by atoms with van der Waals surface area (Å²) in [5.74, 6) is 0.850. The third-order valence-corrected chi connectivity index (χ3v) is 4.88. The van der Waals surface area contributed by atoms with Gasteiger partial charge in [-0.15, -0.1) is 0 Å². The number of anilines is 1. The van der Waals surface area contributed by atoms with Crippen LogP contribution in [0.4, 0.5) is 5.69 Å². The van der Waals surface area contributed by atoms with Gasteiger partial charge in [0.05, 0.1) is 18.8 Å². The van der Waals surface area contributed by atoms with Crippen LogP contribution in [0.15, 0.2) is 48.5 Å². The lowest BCUT2D eigenvalue weighted by Gasteiger charge is -2.39. The van der Waals surface area contributed by atoms with Crippen LogP contribution < -0.4 is 10.1 Å². The molecule has 1 saturated heterocycles. The first kappa shape index (κ1) is 16.0. The molecule has 0 saturated carbocycles. The van der Waals surface area contributed by atoms with Gasteiger partial charge >= 0.3 is 0 Å². The molecule has 5 heteroatoms. The molecule has 2 aliphatic rings. The summed E-state index contributed by atoms with van der Waals surface area (Å²) in [4.78, 5) is 15.0. The highest BCUT2D eigenvalue weighted by atomic mass is 16.5. The largest absolute Gasteiger partial charge is 0.497 e. The van der Waals surface area contributed by atoms with Crippen molar-refractivity contribution in [2.75, 3.05) is 25.6 Å². The summed E-state index contributed by atoms with van der Waals surface area (Å²) in [6, 6.07) is 15.5. The molecule has 1 N–H and O–H groups in total. The van der Waals surface area contributed by atoms with Gasteiger partial charge in [0.1, 0.15) is 11.9 Å². The van der Waals surface area contributed by atoms with Crippen LogP contribution in [0.1, 0.15) is 34.9 Å². The van der Waals surface area contributed by atoms with E-state index in [9.17, 15) is 4.79 Å². The monoisotopic (exact) mass is 338 g/mol. The van der Waals surface area contributed by atoms with Gasteiger partial charge in [0.25, 0.3) is 5.91 Å². The highest BCUT2D eigenvalue weighted by molar-refractivity contribution is 6.01. The van der Waals surface area contributed by atoms with Crippen molar-refractivity contribution < 1.29 is 14.3 Å². The van der Waals surface area contributed by atoms with Crippen molar-refractivity contribution in [2.24, 2.45) is 0 Å². The van der Waals surface area contributed by atoms with E-state index in [-0.39, 0.29) is 18.2 Å². The van der Waals surface area contributed by atoms with E-state index >= 15 is 0 Å². The summed E-state index contributed by atoms with van der Waals surface area (Å²) in [6.07, 6.45) is 1.96. The highest BCUT2D eigenvalue weighted by Crippen LogP contribution is 2.34. The Kier molecular flexibility index (Phi) is 4.32. The SMILES string of the molecule is COc1ccc([C@H]2Nc3ccccc3C(=O)N2C[C@@H]2CCCO2)cc1. The second-order valence-corrected chi connectivity index (χ2v) is 6.46. The molecule has 0 aromatic heterocycles. The molecular weight excluding hydrogens is 316 g/mol. The lowest BCUT2D eigenvalue weighted by molar-refractivity contribution is 0.0427. The van der Waals surface area contributed by atoms with Gasteiger partial charge in [0.15, 0.2) is 0 Å². The first-order valence-corrected chi connectivity index (χ1v) is 8.68. The molecule has 1 fully saturated rings. The molecule has 0 bridgehead atoms. The van der Waals surface area contributed by atoms with E-state index in [1.165, 1.54) is 0 Å². The smallest absolute Gasteiger partial charge is 0.257 e. The number of nitrogens with zero attached hydrogens (tertiary/aromatic N) is 1. The molecule has 5 nitrogen and oxygen atoms in total. The summed E-state index contributed by atoms with van der Waals surface area (Å²) in [5, 5.41) is 3.51. The van der Waals surface area contributed by atoms with Crippen LogP contribution in [0.3, 0.4) is 0 Å². The minimum absolute atomic E-state index is 0.0469. The predicted octanol–water partition coefficient (Wildman–Crippen LogP) is 3.44. The number of hydrogen-bond acceptors (Lipinski definition) is 4. The molecule has 2 aromatic rings. The summed E-state index contributed by atoms with van der Waals surface area (Å²) in [6.45, 7) is 1.38. The molecule has 25 heavy (non-hydrogen) atoms. The number of ether oxygens (including phenoxy) is 2. The van der Waals surface area contributed by atoms with Crippen LogP contribution in [0.2, 0.25) is 0 Å². The van der Waals surface area contributed by atoms with Crippen LogP contribution in [0.5, 0.6) is 5.75 Å². The van der Waals surface area contributed by atoms with Gasteiger partial charge in [-0.1, -0.05) is 24.3 Å². The average Bonchev–Trinajstić information content (AvgIpc) is 3.17. The fourth-order valence-corrected chi connectivity index (χ4v) is 3.54. The van der Waals surface area contributed by atoms with Gasteiger partial charge in [-0.3, -0.25) is 4.79 Å². The van der Waals surface area contributed by atoms with Crippen molar-refractivity contribution in [3.8, 4) is 5.75 Å². The van der Waals surface area contributed by atoms with Crippen LogP contribution in [-0.4, -0.2) is 37.2 Å². The maximum absolute atomic E-state index is 13.1. The van der Waals surface area contributed by atoms with Crippen LogP contribution in [0.25, 0.3) is 0 Å². The van der Waals surface area contributed by atoms with Gasteiger partial charge in [-0.05, 0) is 42.7 Å². The normalized spacial score (nSPS) is 22.4. The number of hydrogen-bond donors (Lipinski definition) is 1. The number of benzene rings is 2. The van der Waals surface area contributed by atoms with Gasteiger partial charge in [-0.25, -0.2) is 0 Å². The van der Waals surface area contributed by atoms with Gasteiger partial charge in [-0.2, -0.15) is 0 Å². The number of nitrogens with one attached hydrogen (secondary N) is 1. The van der Waals surface area contributed by atoms with Crippen LogP contribution >= 0.6 is 0 Å².